The fourth-order valence-corrected chi connectivity index (χ4v) is 2.76. The van der Waals surface area contributed by atoms with Gasteiger partial charge in [0.05, 0.1) is 47.0 Å². The van der Waals surface area contributed by atoms with E-state index < -0.39 is 0 Å². The van der Waals surface area contributed by atoms with Crippen LogP contribution in [0.1, 0.15) is 11.3 Å². The standard InChI is InChI=1S/C13H11Cl2NO2/c1-17-10-3-2-8(14)13-11(10)12(15)7-6-18-5-4-9(7)16-13/h2-3H,4-6H2,1H3. The van der Waals surface area contributed by atoms with E-state index in [-0.39, 0.29) is 0 Å². The van der Waals surface area contributed by atoms with Crippen LogP contribution >= 0.6 is 23.2 Å². The third-order valence-corrected chi connectivity index (χ3v) is 3.84. The molecule has 0 saturated carbocycles. The molecule has 0 fully saturated rings. The molecule has 1 aromatic heterocycles. The summed E-state index contributed by atoms with van der Waals surface area (Å²) < 4.78 is 10.8. The molecule has 2 aromatic rings. The molecule has 5 heteroatoms. The zero-order valence-electron chi connectivity index (χ0n) is 9.80. The van der Waals surface area contributed by atoms with Crippen LogP contribution in [0.3, 0.4) is 0 Å². The molecule has 3 rings (SSSR count). The van der Waals surface area contributed by atoms with Crippen molar-refractivity contribution in [1.29, 1.82) is 0 Å². The fourth-order valence-electron chi connectivity index (χ4n) is 2.22. The van der Waals surface area contributed by atoms with E-state index in [0.717, 1.165) is 23.1 Å². The quantitative estimate of drug-likeness (QED) is 0.801. The zero-order chi connectivity index (χ0) is 12.7. The number of aromatic nitrogens is 1. The van der Waals surface area contributed by atoms with E-state index in [1.807, 2.05) is 0 Å². The highest BCUT2D eigenvalue weighted by Crippen LogP contribution is 2.39. The fraction of sp³-hybridized carbons (Fsp3) is 0.308. The number of pyridine rings is 1. The molecule has 0 spiro atoms. The first-order valence-corrected chi connectivity index (χ1v) is 6.39. The molecule has 3 nitrogen and oxygen atoms in total. The zero-order valence-corrected chi connectivity index (χ0v) is 11.3. The number of hydrogen-bond acceptors (Lipinski definition) is 3. The highest BCUT2D eigenvalue weighted by molar-refractivity contribution is 6.40. The summed E-state index contributed by atoms with van der Waals surface area (Å²) in [5.74, 6) is 0.681. The summed E-state index contributed by atoms with van der Waals surface area (Å²) in [6.45, 7) is 1.16. The van der Waals surface area contributed by atoms with Gasteiger partial charge in [0.2, 0.25) is 0 Å². The minimum absolute atomic E-state index is 0.493. The lowest BCUT2D eigenvalue weighted by Crippen LogP contribution is -2.12. The molecule has 0 N–H and O–H groups in total. The molecular formula is C13H11Cl2NO2. The molecule has 0 bridgehead atoms. The lowest BCUT2D eigenvalue weighted by Gasteiger charge is -2.19. The average Bonchev–Trinajstić information content (AvgIpc) is 2.40. The highest BCUT2D eigenvalue weighted by Gasteiger charge is 2.20. The number of ether oxygens (including phenoxy) is 2. The van der Waals surface area contributed by atoms with E-state index in [9.17, 15) is 0 Å². The van der Waals surface area contributed by atoms with Gasteiger partial charge in [-0.2, -0.15) is 0 Å². The maximum atomic E-state index is 6.46. The van der Waals surface area contributed by atoms with Crippen LogP contribution in [0.2, 0.25) is 10.0 Å². The van der Waals surface area contributed by atoms with Gasteiger partial charge < -0.3 is 9.47 Å². The van der Waals surface area contributed by atoms with Crippen molar-refractivity contribution in [2.75, 3.05) is 13.7 Å². The summed E-state index contributed by atoms with van der Waals surface area (Å²) in [5, 5.41) is 1.98. The molecule has 0 unspecified atom stereocenters. The van der Waals surface area contributed by atoms with Crippen molar-refractivity contribution in [3.05, 3.63) is 33.4 Å². The highest BCUT2D eigenvalue weighted by atomic mass is 35.5. The van der Waals surface area contributed by atoms with E-state index in [4.69, 9.17) is 32.7 Å². The molecule has 18 heavy (non-hydrogen) atoms. The first-order chi connectivity index (χ1) is 8.72. The minimum Gasteiger partial charge on any atom is -0.496 e. The third kappa shape index (κ3) is 1.74. The van der Waals surface area contributed by atoms with Crippen molar-refractivity contribution >= 4 is 34.1 Å². The second-order valence-electron chi connectivity index (χ2n) is 4.13. The normalized spacial score (nSPS) is 14.6. The van der Waals surface area contributed by atoms with Gasteiger partial charge in [0, 0.05) is 12.0 Å². The van der Waals surface area contributed by atoms with Crippen LogP contribution in [-0.2, 0) is 17.8 Å². The van der Waals surface area contributed by atoms with Gasteiger partial charge in [0.1, 0.15) is 5.75 Å². The van der Waals surface area contributed by atoms with Crippen molar-refractivity contribution in [2.24, 2.45) is 0 Å². The first-order valence-electron chi connectivity index (χ1n) is 5.63. The van der Waals surface area contributed by atoms with Crippen LogP contribution < -0.4 is 4.74 Å². The molecule has 1 aliphatic heterocycles. The Labute approximate surface area is 115 Å². The number of nitrogens with zero attached hydrogens (tertiary/aromatic N) is 1. The van der Waals surface area contributed by atoms with Crippen LogP contribution in [0.4, 0.5) is 0 Å². The largest absolute Gasteiger partial charge is 0.496 e. The van der Waals surface area contributed by atoms with Crippen molar-refractivity contribution in [3.63, 3.8) is 0 Å². The van der Waals surface area contributed by atoms with Crippen molar-refractivity contribution in [2.45, 2.75) is 13.0 Å². The van der Waals surface area contributed by atoms with Gasteiger partial charge in [-0.25, -0.2) is 0 Å². The maximum Gasteiger partial charge on any atom is 0.129 e. The van der Waals surface area contributed by atoms with Crippen molar-refractivity contribution in [1.82, 2.24) is 4.98 Å². The first kappa shape index (κ1) is 12.0. The van der Waals surface area contributed by atoms with Gasteiger partial charge >= 0.3 is 0 Å². The van der Waals surface area contributed by atoms with E-state index >= 15 is 0 Å². The molecule has 0 aliphatic carbocycles. The summed E-state index contributed by atoms with van der Waals surface area (Å²) >= 11 is 12.6. The molecule has 2 heterocycles. The van der Waals surface area contributed by atoms with Crippen LogP contribution in [0.15, 0.2) is 12.1 Å². The molecule has 0 saturated heterocycles. The Morgan fingerprint density at radius 3 is 2.94 bits per heavy atom. The van der Waals surface area contributed by atoms with Crippen molar-refractivity contribution in [3.8, 4) is 5.75 Å². The summed E-state index contributed by atoms with van der Waals surface area (Å²) in [6.07, 6.45) is 0.762. The van der Waals surface area contributed by atoms with Crippen LogP contribution in [0.5, 0.6) is 5.75 Å². The number of benzene rings is 1. The Bertz CT molecular complexity index is 628. The maximum absolute atomic E-state index is 6.46. The van der Waals surface area contributed by atoms with Gasteiger partial charge in [-0.3, -0.25) is 4.98 Å². The van der Waals surface area contributed by atoms with Gasteiger partial charge in [0.25, 0.3) is 0 Å². The Morgan fingerprint density at radius 2 is 2.17 bits per heavy atom. The Hall–Kier alpha value is -1.03. The summed E-state index contributed by atoms with van der Waals surface area (Å²) in [6, 6.07) is 3.58. The SMILES string of the molecule is COc1ccc(Cl)c2nc3c(c(Cl)c12)COCC3. The Morgan fingerprint density at radius 1 is 1.33 bits per heavy atom. The van der Waals surface area contributed by atoms with Gasteiger partial charge in [-0.05, 0) is 12.1 Å². The predicted molar refractivity (Wildman–Crippen MR) is 71.7 cm³/mol. The number of hydrogen-bond donors (Lipinski definition) is 0. The lowest BCUT2D eigenvalue weighted by molar-refractivity contribution is 0.109. The average molecular weight is 284 g/mol. The van der Waals surface area contributed by atoms with E-state index in [1.165, 1.54) is 0 Å². The van der Waals surface area contributed by atoms with E-state index in [0.29, 0.717) is 34.5 Å². The molecule has 0 amide bonds. The number of rotatable bonds is 1. The second-order valence-corrected chi connectivity index (χ2v) is 4.91. The molecule has 1 aromatic carbocycles. The third-order valence-electron chi connectivity index (χ3n) is 3.12. The monoisotopic (exact) mass is 283 g/mol. The van der Waals surface area contributed by atoms with E-state index in [2.05, 4.69) is 4.98 Å². The van der Waals surface area contributed by atoms with Gasteiger partial charge in [-0.1, -0.05) is 23.2 Å². The van der Waals surface area contributed by atoms with Crippen LogP contribution in [0.25, 0.3) is 10.9 Å². The topological polar surface area (TPSA) is 31.4 Å². The minimum atomic E-state index is 0.493. The van der Waals surface area contributed by atoms with Crippen LogP contribution in [0, 0.1) is 0 Å². The second kappa shape index (κ2) is 4.57. The molecule has 1 aliphatic rings. The Balaban J connectivity index is 2.41. The van der Waals surface area contributed by atoms with Crippen molar-refractivity contribution < 1.29 is 9.47 Å². The smallest absolute Gasteiger partial charge is 0.129 e. The number of fused-ring (bicyclic) bond motifs is 2. The van der Waals surface area contributed by atoms with Crippen LogP contribution in [-0.4, -0.2) is 18.7 Å². The molecular weight excluding hydrogens is 273 g/mol. The lowest BCUT2D eigenvalue weighted by atomic mass is 10.1. The molecule has 0 atom stereocenters. The number of methoxy groups -OCH3 is 1. The van der Waals surface area contributed by atoms with Gasteiger partial charge in [-0.15, -0.1) is 0 Å². The summed E-state index contributed by atoms with van der Waals surface area (Å²) in [7, 11) is 1.61. The molecule has 94 valence electrons. The molecule has 0 radical (unpaired) electrons. The van der Waals surface area contributed by atoms with Gasteiger partial charge in [0.15, 0.2) is 0 Å². The summed E-state index contributed by atoms with van der Waals surface area (Å²) in [5.41, 5.74) is 2.60. The number of halogens is 2. The van der Waals surface area contributed by atoms with E-state index in [1.54, 1.807) is 19.2 Å². The Kier molecular flexibility index (Phi) is 3.06. The summed E-state index contributed by atoms with van der Waals surface area (Å²) in [4.78, 5) is 4.61. The predicted octanol–water partition coefficient (Wildman–Crippen LogP) is 3.62.